The van der Waals surface area contributed by atoms with Crippen molar-refractivity contribution < 1.29 is 34.8 Å². The van der Waals surface area contributed by atoms with Crippen molar-refractivity contribution in [2.24, 2.45) is 0 Å². The van der Waals surface area contributed by atoms with Crippen LogP contribution >= 0.6 is 67.8 Å². The Morgan fingerprint density at radius 1 is 0.750 bits per heavy atom. The van der Waals surface area contributed by atoms with E-state index in [2.05, 4.69) is 67.8 Å². The second-order valence-electron chi connectivity index (χ2n) is 8.51. The minimum absolute atomic E-state index is 0.247. The highest BCUT2D eigenvalue weighted by atomic mass is 127. The third-order valence-corrected chi connectivity index (χ3v) is 8.57. The molecule has 0 radical (unpaired) electrons. The average molecular weight is 845 g/mol. The molecule has 1 rings (SSSR count). The fourth-order valence-corrected chi connectivity index (χ4v) is 8.32. The fourth-order valence-electron chi connectivity index (χ4n) is 3.53. The largest absolute Gasteiger partial charge is 0.394 e. The van der Waals surface area contributed by atoms with E-state index >= 15 is 0 Å². The lowest BCUT2D eigenvalue weighted by Gasteiger charge is -2.32. The normalized spacial score (nSPS) is 12.8. The van der Waals surface area contributed by atoms with E-state index in [0.717, 1.165) is 0 Å². The predicted molar refractivity (Wildman–Crippen MR) is 163 cm³/mol. The first-order valence-electron chi connectivity index (χ1n) is 11.4. The second-order valence-corrected chi connectivity index (χ2v) is 11.7. The maximum atomic E-state index is 13.3. The number of rotatable bonds is 13. The van der Waals surface area contributed by atoms with Crippen LogP contribution < -0.4 is 9.80 Å². The topological polar surface area (TPSA) is 142 Å². The van der Waals surface area contributed by atoms with Crippen molar-refractivity contribution >= 4 is 96.9 Å². The average Bonchev–Trinajstić information content (AvgIpc) is 2.80. The number of carbonyl (C=O) groups excluding carboxylic acids is 3. The zero-order valence-electron chi connectivity index (χ0n) is 20.8. The molecule has 1 aromatic rings. The van der Waals surface area contributed by atoms with Crippen LogP contribution in [0.5, 0.6) is 0 Å². The first-order valence-corrected chi connectivity index (χ1v) is 14.6. The van der Waals surface area contributed by atoms with Gasteiger partial charge in [0.1, 0.15) is 0 Å². The number of anilines is 2. The van der Waals surface area contributed by atoms with Gasteiger partial charge in [0.2, 0.25) is 11.8 Å². The SMILES string of the molecule is CC(=O)N(CCCC(O)CO)c1c(I)c(C(=O)N(C)C)c(I)c(N(CCCC(O)CO)C(C)=O)c1I. The summed E-state index contributed by atoms with van der Waals surface area (Å²) in [6.07, 6.45) is -0.361. The van der Waals surface area contributed by atoms with Crippen LogP contribution in [0.4, 0.5) is 11.4 Å². The minimum atomic E-state index is -0.891. The van der Waals surface area contributed by atoms with Crippen molar-refractivity contribution in [3.8, 4) is 0 Å². The number of carbonyl (C=O) groups is 3. The van der Waals surface area contributed by atoms with E-state index in [-0.39, 0.29) is 44.0 Å². The Morgan fingerprint density at radius 3 is 1.39 bits per heavy atom. The van der Waals surface area contributed by atoms with Gasteiger partial charge in [0.25, 0.3) is 5.91 Å². The Labute approximate surface area is 252 Å². The van der Waals surface area contributed by atoms with Crippen LogP contribution in [0, 0.1) is 10.7 Å². The van der Waals surface area contributed by atoms with Crippen molar-refractivity contribution in [3.63, 3.8) is 0 Å². The van der Waals surface area contributed by atoms with Crippen LogP contribution in [-0.2, 0) is 9.59 Å². The highest BCUT2D eigenvalue weighted by molar-refractivity contribution is 14.1. The molecular formula is C23H34I3N3O7. The molecule has 2 atom stereocenters. The third-order valence-electron chi connectivity index (χ3n) is 5.45. The van der Waals surface area contributed by atoms with E-state index in [9.17, 15) is 24.6 Å². The predicted octanol–water partition coefficient (Wildman–Crippen LogP) is 2.17. The summed E-state index contributed by atoms with van der Waals surface area (Å²) >= 11 is 6.20. The molecule has 3 amide bonds. The van der Waals surface area contributed by atoms with Gasteiger partial charge in [-0.05, 0) is 93.5 Å². The van der Waals surface area contributed by atoms with Crippen LogP contribution in [0.2, 0.25) is 0 Å². The summed E-state index contributed by atoms with van der Waals surface area (Å²) in [5, 5.41) is 37.7. The molecule has 0 fully saturated rings. The summed E-state index contributed by atoms with van der Waals surface area (Å²) in [7, 11) is 3.26. The Kier molecular flexibility index (Phi) is 14.9. The quantitative estimate of drug-likeness (QED) is 0.223. The monoisotopic (exact) mass is 845 g/mol. The number of halogens is 3. The summed E-state index contributed by atoms with van der Waals surface area (Å²) in [4.78, 5) is 43.3. The van der Waals surface area contributed by atoms with Crippen molar-refractivity contribution in [3.05, 3.63) is 16.3 Å². The van der Waals surface area contributed by atoms with E-state index in [1.54, 1.807) is 14.1 Å². The van der Waals surface area contributed by atoms with Crippen LogP contribution in [0.1, 0.15) is 49.9 Å². The Balaban J connectivity index is 3.76. The number of benzene rings is 1. The molecule has 1 aromatic carbocycles. The smallest absolute Gasteiger partial charge is 0.255 e. The van der Waals surface area contributed by atoms with E-state index < -0.39 is 12.2 Å². The van der Waals surface area contributed by atoms with Gasteiger partial charge in [-0.25, -0.2) is 0 Å². The van der Waals surface area contributed by atoms with Gasteiger partial charge in [-0.15, -0.1) is 0 Å². The van der Waals surface area contributed by atoms with Crippen LogP contribution in [-0.4, -0.2) is 95.7 Å². The molecule has 2 unspecified atom stereocenters. The Hall–Kier alpha value is -0.340. The first kappa shape index (κ1) is 33.7. The van der Waals surface area contributed by atoms with E-state index in [0.29, 0.717) is 53.3 Å². The number of nitrogens with zero attached hydrogens (tertiary/aromatic N) is 3. The van der Waals surface area contributed by atoms with Crippen molar-refractivity contribution in [2.45, 2.75) is 51.7 Å². The molecule has 0 aliphatic rings. The number of hydrogen-bond acceptors (Lipinski definition) is 7. The molecule has 0 saturated heterocycles. The van der Waals surface area contributed by atoms with E-state index in [1.807, 2.05) is 0 Å². The van der Waals surface area contributed by atoms with Gasteiger partial charge in [-0.3, -0.25) is 14.4 Å². The molecular weight excluding hydrogens is 811 g/mol. The van der Waals surface area contributed by atoms with E-state index in [4.69, 9.17) is 10.2 Å². The van der Waals surface area contributed by atoms with E-state index in [1.165, 1.54) is 28.5 Å². The number of aliphatic hydroxyl groups is 4. The maximum absolute atomic E-state index is 13.3. The first-order chi connectivity index (χ1) is 16.8. The lowest BCUT2D eigenvalue weighted by molar-refractivity contribution is -0.117. The Morgan fingerprint density at radius 2 is 1.11 bits per heavy atom. The standard InChI is InChI=1S/C23H34I3N3O7/c1-13(32)28(9-5-7-15(34)11-30)21-18(24)17(23(36)27(3)4)19(25)22(20(21)26)29(14(2)33)10-6-8-16(35)12-31/h15-16,30-31,34-35H,5-12H2,1-4H3. The summed E-state index contributed by atoms with van der Waals surface area (Å²) in [6, 6.07) is 0. The second kappa shape index (κ2) is 15.9. The lowest BCUT2D eigenvalue weighted by Crippen LogP contribution is -2.36. The third kappa shape index (κ3) is 8.86. The molecule has 4 N–H and O–H groups in total. The minimum Gasteiger partial charge on any atom is -0.394 e. The summed E-state index contributed by atoms with van der Waals surface area (Å²) in [5.41, 5.74) is 1.38. The highest BCUT2D eigenvalue weighted by Gasteiger charge is 2.32. The molecule has 10 nitrogen and oxygen atoms in total. The summed E-state index contributed by atoms with van der Waals surface area (Å²) in [6.45, 7) is 2.58. The molecule has 0 saturated carbocycles. The number of amides is 3. The van der Waals surface area contributed by atoms with Gasteiger partial charge in [-0.2, -0.15) is 0 Å². The maximum Gasteiger partial charge on any atom is 0.255 e. The van der Waals surface area contributed by atoms with Gasteiger partial charge in [0.05, 0.1) is 53.1 Å². The molecule has 13 heteroatoms. The van der Waals surface area contributed by atoms with Crippen LogP contribution in [0.25, 0.3) is 0 Å². The molecule has 36 heavy (non-hydrogen) atoms. The van der Waals surface area contributed by atoms with Gasteiger partial charge < -0.3 is 35.1 Å². The van der Waals surface area contributed by atoms with Crippen molar-refractivity contribution in [1.29, 1.82) is 0 Å². The number of aliphatic hydroxyl groups excluding tert-OH is 4. The highest BCUT2D eigenvalue weighted by Crippen LogP contribution is 2.43. The van der Waals surface area contributed by atoms with Gasteiger partial charge in [0, 0.05) is 41.0 Å². The molecule has 0 heterocycles. The molecule has 0 bridgehead atoms. The van der Waals surface area contributed by atoms with Crippen LogP contribution in [0.3, 0.4) is 0 Å². The molecule has 204 valence electrons. The lowest BCUT2D eigenvalue weighted by atomic mass is 10.1. The van der Waals surface area contributed by atoms with Crippen molar-refractivity contribution in [1.82, 2.24) is 4.90 Å². The molecule has 0 spiro atoms. The molecule has 0 aliphatic carbocycles. The van der Waals surface area contributed by atoms with Gasteiger partial charge >= 0.3 is 0 Å². The zero-order chi connectivity index (χ0) is 27.7. The Bertz CT molecular complexity index is 885. The number of hydrogen-bond donors (Lipinski definition) is 4. The summed E-state index contributed by atoms with van der Waals surface area (Å²) in [5.74, 6) is -0.804. The molecule has 0 aliphatic heterocycles. The van der Waals surface area contributed by atoms with Gasteiger partial charge in [0.15, 0.2) is 0 Å². The summed E-state index contributed by atoms with van der Waals surface area (Å²) < 4.78 is 1.76. The molecule has 0 aromatic heterocycles. The fraction of sp³-hybridized carbons (Fsp3) is 0.609. The van der Waals surface area contributed by atoms with Gasteiger partial charge in [-0.1, -0.05) is 0 Å². The van der Waals surface area contributed by atoms with Crippen LogP contribution in [0.15, 0.2) is 0 Å². The zero-order valence-corrected chi connectivity index (χ0v) is 27.3. The van der Waals surface area contributed by atoms with Crippen molar-refractivity contribution in [2.75, 3.05) is 50.2 Å².